The summed E-state index contributed by atoms with van der Waals surface area (Å²) in [6, 6.07) is 3.30. The molecule has 0 aromatic heterocycles. The van der Waals surface area contributed by atoms with Gasteiger partial charge in [-0.2, -0.15) is 0 Å². The molecule has 168 valence electrons. The number of benzene rings is 1. The Morgan fingerprint density at radius 1 is 1.20 bits per heavy atom. The Balaban J connectivity index is 1.94. The van der Waals surface area contributed by atoms with E-state index in [2.05, 4.69) is 0 Å². The largest absolute Gasteiger partial charge is 0.487 e. The minimum Gasteiger partial charge on any atom is -0.487 e. The number of carbonyl (C=O) groups is 1. The van der Waals surface area contributed by atoms with E-state index in [1.165, 1.54) is 0 Å². The van der Waals surface area contributed by atoms with Crippen LogP contribution in [-0.4, -0.2) is 85.6 Å². The average molecular weight is 428 g/mol. The lowest BCUT2D eigenvalue weighted by Gasteiger charge is -2.40. The summed E-state index contributed by atoms with van der Waals surface area (Å²) in [5.41, 5.74) is -0.0595. The van der Waals surface area contributed by atoms with Crippen molar-refractivity contribution in [2.45, 2.75) is 75.5 Å². The van der Waals surface area contributed by atoms with Crippen LogP contribution in [0.15, 0.2) is 12.1 Å². The van der Waals surface area contributed by atoms with Gasteiger partial charge in [-0.05, 0) is 31.9 Å². The molecule has 2 aliphatic heterocycles. The molecule has 2 heterocycles. The van der Waals surface area contributed by atoms with Gasteiger partial charge in [0.1, 0.15) is 42.0 Å². The number of aliphatic carboxylic acids is 1. The molecular formula is C20H28O10. The predicted molar refractivity (Wildman–Crippen MR) is 101 cm³/mol. The molecule has 0 bridgehead atoms. The molecule has 1 aromatic rings. The van der Waals surface area contributed by atoms with Crippen molar-refractivity contribution >= 4 is 5.97 Å². The maximum atomic E-state index is 11.1. The minimum absolute atomic E-state index is 0.128. The van der Waals surface area contributed by atoms with Crippen LogP contribution in [0.1, 0.15) is 31.4 Å². The zero-order valence-corrected chi connectivity index (χ0v) is 16.8. The van der Waals surface area contributed by atoms with E-state index in [9.17, 15) is 30.3 Å². The highest BCUT2D eigenvalue weighted by molar-refractivity contribution is 5.67. The van der Waals surface area contributed by atoms with Crippen LogP contribution >= 0.6 is 0 Å². The molecule has 30 heavy (non-hydrogen) atoms. The first-order chi connectivity index (χ1) is 14.0. The van der Waals surface area contributed by atoms with Crippen molar-refractivity contribution in [1.82, 2.24) is 0 Å². The van der Waals surface area contributed by atoms with Gasteiger partial charge in [0, 0.05) is 18.4 Å². The molecule has 1 aromatic carbocycles. The van der Waals surface area contributed by atoms with E-state index < -0.39 is 55.0 Å². The summed E-state index contributed by atoms with van der Waals surface area (Å²) in [5, 5.41) is 59.1. The van der Waals surface area contributed by atoms with Gasteiger partial charge in [0.05, 0.1) is 12.2 Å². The van der Waals surface area contributed by atoms with Gasteiger partial charge in [0.15, 0.2) is 0 Å². The smallest absolute Gasteiger partial charge is 0.303 e. The monoisotopic (exact) mass is 428 g/mol. The number of ether oxygens (including phenoxy) is 3. The van der Waals surface area contributed by atoms with Gasteiger partial charge in [-0.1, -0.05) is 6.07 Å². The maximum Gasteiger partial charge on any atom is 0.303 e. The van der Waals surface area contributed by atoms with Crippen LogP contribution in [0, 0.1) is 0 Å². The fraction of sp³-hybridized carbons (Fsp3) is 0.650. The molecule has 2 aliphatic rings. The first-order valence-electron chi connectivity index (χ1n) is 9.75. The van der Waals surface area contributed by atoms with Crippen LogP contribution in [0.4, 0.5) is 0 Å². The third kappa shape index (κ3) is 4.53. The summed E-state index contributed by atoms with van der Waals surface area (Å²) in [6.07, 6.45) is -7.65. The molecule has 10 nitrogen and oxygen atoms in total. The van der Waals surface area contributed by atoms with Crippen molar-refractivity contribution in [2.24, 2.45) is 0 Å². The van der Waals surface area contributed by atoms with Crippen LogP contribution in [0.5, 0.6) is 11.5 Å². The molecule has 3 rings (SSSR count). The SMILES string of the molecule is CC(C)(O)[C@H]1Cc2c(ccc(CCC(=O)O)c2O[C@@H]2O[C@H](CO)[C@@H](O)[C@H](O)[C@H]2O)O1. The highest BCUT2D eigenvalue weighted by atomic mass is 16.7. The Kier molecular flexibility index (Phi) is 6.56. The normalized spacial score (nSPS) is 31.2. The summed E-state index contributed by atoms with van der Waals surface area (Å²) in [4.78, 5) is 11.1. The Morgan fingerprint density at radius 2 is 1.90 bits per heavy atom. The summed E-state index contributed by atoms with van der Waals surface area (Å²) >= 11 is 0. The number of hydrogen-bond donors (Lipinski definition) is 6. The number of aryl methyl sites for hydroxylation is 1. The lowest BCUT2D eigenvalue weighted by atomic mass is 9.95. The predicted octanol–water partition coefficient (Wildman–Crippen LogP) is -1.04. The van der Waals surface area contributed by atoms with Crippen molar-refractivity contribution in [3.8, 4) is 11.5 Å². The first-order valence-corrected chi connectivity index (χ1v) is 9.75. The van der Waals surface area contributed by atoms with Crippen molar-refractivity contribution in [2.75, 3.05) is 6.61 Å². The Morgan fingerprint density at radius 3 is 2.50 bits per heavy atom. The van der Waals surface area contributed by atoms with Crippen molar-refractivity contribution in [3.05, 3.63) is 23.3 Å². The quantitative estimate of drug-likeness (QED) is 0.316. The molecule has 0 aliphatic carbocycles. The van der Waals surface area contributed by atoms with Gasteiger partial charge < -0.3 is 44.8 Å². The summed E-state index contributed by atoms with van der Waals surface area (Å²) in [5.74, 6) is -0.328. The van der Waals surface area contributed by atoms with Crippen molar-refractivity contribution < 1.29 is 49.6 Å². The van der Waals surface area contributed by atoms with Gasteiger partial charge in [-0.15, -0.1) is 0 Å². The van der Waals surface area contributed by atoms with Gasteiger partial charge in [-0.25, -0.2) is 0 Å². The molecule has 0 unspecified atom stereocenters. The zero-order chi connectivity index (χ0) is 22.2. The highest BCUT2D eigenvalue weighted by Crippen LogP contribution is 2.42. The minimum atomic E-state index is -1.61. The van der Waals surface area contributed by atoms with Gasteiger partial charge in [-0.3, -0.25) is 4.79 Å². The number of aliphatic hydroxyl groups excluding tert-OH is 4. The van der Waals surface area contributed by atoms with Crippen LogP contribution in [-0.2, 0) is 22.4 Å². The van der Waals surface area contributed by atoms with Gasteiger partial charge in [0.2, 0.25) is 6.29 Å². The van der Waals surface area contributed by atoms with Gasteiger partial charge in [0.25, 0.3) is 0 Å². The highest BCUT2D eigenvalue weighted by Gasteiger charge is 2.46. The third-order valence-corrected chi connectivity index (χ3v) is 5.44. The lowest BCUT2D eigenvalue weighted by molar-refractivity contribution is -0.277. The number of rotatable bonds is 7. The number of carboxylic acid groups (broad SMARTS) is 1. The number of hydrogen-bond acceptors (Lipinski definition) is 9. The van der Waals surface area contributed by atoms with E-state index >= 15 is 0 Å². The third-order valence-electron chi connectivity index (χ3n) is 5.44. The Hall–Kier alpha value is -1.95. The van der Waals surface area contributed by atoms with E-state index in [-0.39, 0.29) is 25.0 Å². The number of aliphatic hydroxyl groups is 5. The van der Waals surface area contributed by atoms with E-state index in [0.717, 1.165) is 0 Å². The zero-order valence-electron chi connectivity index (χ0n) is 16.8. The number of fused-ring (bicyclic) bond motifs is 1. The number of carboxylic acids is 1. The summed E-state index contributed by atoms with van der Waals surface area (Å²) in [7, 11) is 0. The molecule has 1 saturated heterocycles. The van der Waals surface area contributed by atoms with Crippen molar-refractivity contribution in [3.63, 3.8) is 0 Å². The molecule has 0 amide bonds. The first kappa shape index (κ1) is 22.7. The Labute approximate surface area is 173 Å². The standard InChI is InChI=1S/C20H28O10/c1-20(2,27)13-7-10-11(28-13)5-3-9(4-6-14(22)23)18(10)30-19-17(26)16(25)15(24)12(8-21)29-19/h3,5,12-13,15-17,19,21,24-27H,4,6-8H2,1-2H3,(H,22,23)/t12-,13-,15-,16+,17-,19+/m1/s1. The van der Waals surface area contributed by atoms with Crippen LogP contribution in [0.2, 0.25) is 0 Å². The molecule has 0 saturated carbocycles. The summed E-state index contributed by atoms with van der Waals surface area (Å²) < 4.78 is 17.1. The van der Waals surface area contributed by atoms with Crippen LogP contribution in [0.25, 0.3) is 0 Å². The summed E-state index contributed by atoms with van der Waals surface area (Å²) in [6.45, 7) is 2.60. The molecular weight excluding hydrogens is 400 g/mol. The molecule has 10 heteroatoms. The van der Waals surface area contributed by atoms with E-state index in [0.29, 0.717) is 16.9 Å². The molecule has 1 fully saturated rings. The fourth-order valence-electron chi connectivity index (χ4n) is 3.60. The second kappa shape index (κ2) is 8.66. The van der Waals surface area contributed by atoms with Crippen LogP contribution < -0.4 is 9.47 Å². The van der Waals surface area contributed by atoms with E-state index in [1.54, 1.807) is 26.0 Å². The molecule has 0 radical (unpaired) electrons. The second-order valence-corrected chi connectivity index (χ2v) is 8.20. The van der Waals surface area contributed by atoms with Gasteiger partial charge >= 0.3 is 5.97 Å². The lowest BCUT2D eigenvalue weighted by Crippen LogP contribution is -2.60. The molecule has 6 atom stereocenters. The molecule has 0 spiro atoms. The maximum absolute atomic E-state index is 11.1. The van der Waals surface area contributed by atoms with E-state index in [4.69, 9.17) is 19.3 Å². The van der Waals surface area contributed by atoms with Crippen molar-refractivity contribution in [1.29, 1.82) is 0 Å². The van der Waals surface area contributed by atoms with E-state index in [1.807, 2.05) is 0 Å². The Bertz CT molecular complexity index is 772. The van der Waals surface area contributed by atoms with Crippen LogP contribution in [0.3, 0.4) is 0 Å². The average Bonchev–Trinajstić information content (AvgIpc) is 3.12. The second-order valence-electron chi connectivity index (χ2n) is 8.20. The fourth-order valence-corrected chi connectivity index (χ4v) is 3.60. The topological polar surface area (TPSA) is 166 Å². The molecule has 6 N–H and O–H groups in total.